The number of methoxy groups -OCH3 is 1. The smallest absolute Gasteiger partial charge is 0.118 e. The number of hydrogen-bond acceptors (Lipinski definition) is 3. The summed E-state index contributed by atoms with van der Waals surface area (Å²) in [6.45, 7) is 2.99. The zero-order chi connectivity index (χ0) is 20.6. The Hall–Kier alpha value is -2.62. The van der Waals surface area contributed by atoms with Gasteiger partial charge < -0.3 is 9.47 Å². The molecule has 3 aromatic carbocycles. The van der Waals surface area contributed by atoms with Crippen LogP contribution in [0.25, 0.3) is 0 Å². The lowest BCUT2D eigenvalue weighted by atomic mass is 10.0. The Kier molecular flexibility index (Phi) is 7.17. The Morgan fingerprint density at radius 1 is 0.867 bits per heavy atom. The molecule has 4 rings (SSSR count). The molecule has 3 aromatic rings. The number of rotatable bonds is 9. The summed E-state index contributed by atoms with van der Waals surface area (Å²) < 4.78 is 11.8. The number of likely N-dealkylation sites (tertiary alicyclic amines) is 1. The minimum absolute atomic E-state index is 0.0172. The first-order chi connectivity index (χ1) is 14.8. The van der Waals surface area contributed by atoms with Crippen LogP contribution in [-0.4, -0.2) is 37.7 Å². The summed E-state index contributed by atoms with van der Waals surface area (Å²) in [5, 5.41) is 0. The molecule has 0 amide bonds. The maximum atomic E-state index is 6.55. The normalized spacial score (nSPS) is 16.8. The molecule has 3 heteroatoms. The average Bonchev–Trinajstić information content (AvgIpc) is 3.27. The molecule has 30 heavy (non-hydrogen) atoms. The van der Waals surface area contributed by atoms with Crippen LogP contribution in [0, 0.1) is 0 Å². The van der Waals surface area contributed by atoms with Gasteiger partial charge in [0.25, 0.3) is 0 Å². The molecule has 1 heterocycles. The van der Waals surface area contributed by atoms with Crippen LogP contribution in [0.3, 0.4) is 0 Å². The molecule has 1 aliphatic rings. The zero-order valence-electron chi connectivity index (χ0n) is 17.7. The molecule has 3 nitrogen and oxygen atoms in total. The Balaban J connectivity index is 1.37. The van der Waals surface area contributed by atoms with Gasteiger partial charge in [-0.2, -0.15) is 0 Å². The molecule has 0 bridgehead atoms. The maximum absolute atomic E-state index is 6.55. The van der Waals surface area contributed by atoms with Gasteiger partial charge >= 0.3 is 0 Å². The predicted octanol–water partition coefficient (Wildman–Crippen LogP) is 5.51. The monoisotopic (exact) mass is 401 g/mol. The van der Waals surface area contributed by atoms with E-state index in [9.17, 15) is 0 Å². The fourth-order valence-electron chi connectivity index (χ4n) is 4.29. The summed E-state index contributed by atoms with van der Waals surface area (Å²) in [4.78, 5) is 2.59. The SMILES string of the molecule is COc1ccc(CCN2CCC[C@@H]2COC(c2ccccc2)c2ccccc2)cc1. The fourth-order valence-corrected chi connectivity index (χ4v) is 4.29. The molecule has 156 valence electrons. The van der Waals surface area contributed by atoms with E-state index < -0.39 is 0 Å². The van der Waals surface area contributed by atoms with Crippen LogP contribution in [0.2, 0.25) is 0 Å². The molecule has 0 aliphatic carbocycles. The molecule has 1 fully saturated rings. The topological polar surface area (TPSA) is 21.7 Å². The van der Waals surface area contributed by atoms with Gasteiger partial charge in [0, 0.05) is 12.6 Å². The Morgan fingerprint density at radius 2 is 1.50 bits per heavy atom. The molecule has 0 radical (unpaired) electrons. The van der Waals surface area contributed by atoms with Crippen LogP contribution >= 0.6 is 0 Å². The highest BCUT2D eigenvalue weighted by Gasteiger charge is 2.26. The summed E-state index contributed by atoms with van der Waals surface area (Å²) in [5.74, 6) is 0.916. The summed E-state index contributed by atoms with van der Waals surface area (Å²) in [6.07, 6.45) is 3.49. The standard InChI is InChI=1S/C27H31NO2/c1-29-26-16-14-22(15-17-26)18-20-28-19-8-13-25(28)21-30-27(23-9-4-2-5-10-23)24-11-6-3-7-12-24/h2-7,9-12,14-17,25,27H,8,13,18-21H2,1H3/t25-/m1/s1. The second kappa shape index (κ2) is 10.4. The molecule has 1 aliphatic heterocycles. The van der Waals surface area contributed by atoms with Crippen LogP contribution < -0.4 is 4.74 Å². The van der Waals surface area contributed by atoms with Gasteiger partial charge in [0.1, 0.15) is 11.9 Å². The van der Waals surface area contributed by atoms with Crippen molar-refractivity contribution in [2.45, 2.75) is 31.4 Å². The van der Waals surface area contributed by atoms with Crippen molar-refractivity contribution in [3.63, 3.8) is 0 Å². The molecule has 0 spiro atoms. The lowest BCUT2D eigenvalue weighted by Crippen LogP contribution is -2.35. The minimum atomic E-state index is -0.0172. The molecule has 1 atom stereocenters. The van der Waals surface area contributed by atoms with Crippen molar-refractivity contribution in [3.05, 3.63) is 102 Å². The van der Waals surface area contributed by atoms with Crippen molar-refractivity contribution in [1.29, 1.82) is 0 Å². The van der Waals surface area contributed by atoms with E-state index in [0.29, 0.717) is 6.04 Å². The van der Waals surface area contributed by atoms with Crippen LogP contribution in [0.15, 0.2) is 84.9 Å². The van der Waals surface area contributed by atoms with E-state index in [1.807, 2.05) is 12.1 Å². The molecule has 1 saturated heterocycles. The van der Waals surface area contributed by atoms with E-state index >= 15 is 0 Å². The fraction of sp³-hybridized carbons (Fsp3) is 0.333. The van der Waals surface area contributed by atoms with Gasteiger partial charge in [-0.15, -0.1) is 0 Å². The van der Waals surface area contributed by atoms with Gasteiger partial charge in [0.2, 0.25) is 0 Å². The van der Waals surface area contributed by atoms with Crippen molar-refractivity contribution in [3.8, 4) is 5.75 Å². The highest BCUT2D eigenvalue weighted by atomic mass is 16.5. The van der Waals surface area contributed by atoms with Crippen LogP contribution in [-0.2, 0) is 11.2 Å². The lowest BCUT2D eigenvalue weighted by molar-refractivity contribution is 0.0381. The van der Waals surface area contributed by atoms with Gasteiger partial charge in [-0.25, -0.2) is 0 Å². The first-order valence-corrected chi connectivity index (χ1v) is 10.9. The zero-order valence-corrected chi connectivity index (χ0v) is 17.7. The van der Waals surface area contributed by atoms with Crippen LogP contribution in [0.4, 0.5) is 0 Å². The van der Waals surface area contributed by atoms with Crippen LogP contribution in [0.5, 0.6) is 5.75 Å². The Morgan fingerprint density at radius 3 is 2.10 bits per heavy atom. The van der Waals surface area contributed by atoms with E-state index in [1.165, 1.54) is 29.5 Å². The van der Waals surface area contributed by atoms with Crippen molar-refractivity contribution in [2.24, 2.45) is 0 Å². The third kappa shape index (κ3) is 5.29. The summed E-state index contributed by atoms with van der Waals surface area (Å²) >= 11 is 0. The van der Waals surface area contributed by atoms with E-state index in [4.69, 9.17) is 9.47 Å². The second-order valence-corrected chi connectivity index (χ2v) is 7.96. The predicted molar refractivity (Wildman–Crippen MR) is 122 cm³/mol. The van der Waals surface area contributed by atoms with Crippen molar-refractivity contribution in [1.82, 2.24) is 4.90 Å². The molecular formula is C27H31NO2. The molecule has 0 unspecified atom stereocenters. The number of hydrogen-bond donors (Lipinski definition) is 0. The van der Waals surface area contributed by atoms with Crippen molar-refractivity contribution in [2.75, 3.05) is 26.8 Å². The summed E-state index contributed by atoms with van der Waals surface area (Å²) in [5.41, 5.74) is 3.78. The number of benzene rings is 3. The third-order valence-electron chi connectivity index (χ3n) is 6.01. The number of nitrogens with zero attached hydrogens (tertiary/aromatic N) is 1. The first-order valence-electron chi connectivity index (χ1n) is 10.9. The van der Waals surface area contributed by atoms with Crippen molar-refractivity contribution < 1.29 is 9.47 Å². The molecule has 0 saturated carbocycles. The highest BCUT2D eigenvalue weighted by Crippen LogP contribution is 2.28. The van der Waals surface area contributed by atoms with E-state index in [0.717, 1.165) is 31.9 Å². The van der Waals surface area contributed by atoms with E-state index in [1.54, 1.807) is 7.11 Å². The molecule has 0 aromatic heterocycles. The Bertz CT molecular complexity index is 840. The largest absolute Gasteiger partial charge is 0.497 e. The van der Waals surface area contributed by atoms with Gasteiger partial charge in [-0.3, -0.25) is 4.90 Å². The second-order valence-electron chi connectivity index (χ2n) is 7.96. The van der Waals surface area contributed by atoms with Gasteiger partial charge in [-0.1, -0.05) is 72.8 Å². The maximum Gasteiger partial charge on any atom is 0.118 e. The quantitative estimate of drug-likeness (QED) is 0.472. The van der Waals surface area contributed by atoms with Gasteiger partial charge in [0.05, 0.1) is 13.7 Å². The first kappa shape index (κ1) is 20.6. The molecule has 0 N–H and O–H groups in total. The minimum Gasteiger partial charge on any atom is -0.497 e. The van der Waals surface area contributed by atoms with Gasteiger partial charge in [-0.05, 0) is 54.6 Å². The lowest BCUT2D eigenvalue weighted by Gasteiger charge is -2.27. The van der Waals surface area contributed by atoms with Gasteiger partial charge in [0.15, 0.2) is 0 Å². The molecular weight excluding hydrogens is 370 g/mol. The number of ether oxygens (including phenoxy) is 2. The third-order valence-corrected chi connectivity index (χ3v) is 6.01. The summed E-state index contributed by atoms with van der Waals surface area (Å²) in [6, 6.07) is 30.0. The summed E-state index contributed by atoms with van der Waals surface area (Å²) in [7, 11) is 1.71. The van der Waals surface area contributed by atoms with E-state index in [2.05, 4.69) is 77.7 Å². The van der Waals surface area contributed by atoms with E-state index in [-0.39, 0.29) is 6.10 Å². The Labute approximate surface area is 180 Å². The highest BCUT2D eigenvalue weighted by molar-refractivity contribution is 5.30. The van der Waals surface area contributed by atoms with Crippen LogP contribution in [0.1, 0.15) is 35.6 Å². The average molecular weight is 402 g/mol. The van der Waals surface area contributed by atoms with Crippen molar-refractivity contribution >= 4 is 0 Å².